The molecule has 0 saturated carbocycles. The zero-order valence-corrected chi connectivity index (χ0v) is 6.24. The highest BCUT2D eigenvalue weighted by Gasteiger charge is 2.01. The van der Waals surface area contributed by atoms with Gasteiger partial charge in [0.2, 0.25) is 0 Å². The van der Waals surface area contributed by atoms with Crippen molar-refractivity contribution >= 4 is 0 Å². The fourth-order valence-corrected chi connectivity index (χ4v) is 0.996. The first-order valence-electron chi connectivity index (χ1n) is 3.54. The van der Waals surface area contributed by atoms with Gasteiger partial charge in [0, 0.05) is 18.5 Å². The Morgan fingerprint density at radius 1 is 1.42 bits per heavy atom. The summed E-state index contributed by atoms with van der Waals surface area (Å²) in [7, 11) is 0. The largest absolute Gasteiger partial charge is 0.238 e. The average molecular weight is 161 g/mol. The van der Waals surface area contributed by atoms with Crippen molar-refractivity contribution < 1.29 is 4.39 Å². The van der Waals surface area contributed by atoms with Gasteiger partial charge in [0.1, 0.15) is 5.69 Å². The molecule has 2 nitrogen and oxygen atoms in total. The highest BCUT2D eigenvalue weighted by molar-refractivity contribution is 5.31. The molecule has 0 unspecified atom stereocenters. The smallest absolute Gasteiger partial charge is 0.156 e. The lowest BCUT2D eigenvalue weighted by Crippen LogP contribution is -1.96. The summed E-state index contributed by atoms with van der Waals surface area (Å²) in [6.45, 7) is 0. The molecule has 3 heteroatoms. The van der Waals surface area contributed by atoms with Gasteiger partial charge in [-0.2, -0.15) is 5.10 Å². The molecule has 2 aromatic rings. The molecular formula is C9H6FN2. The topological polar surface area (TPSA) is 17.8 Å². The number of nitrogens with zero attached hydrogens (tertiary/aromatic N) is 2. The van der Waals surface area contributed by atoms with Gasteiger partial charge >= 0.3 is 0 Å². The quantitative estimate of drug-likeness (QED) is 0.623. The van der Waals surface area contributed by atoms with Crippen LogP contribution in [-0.4, -0.2) is 9.78 Å². The second kappa shape index (κ2) is 2.77. The molecule has 0 aliphatic heterocycles. The number of rotatable bonds is 1. The van der Waals surface area contributed by atoms with Crippen LogP contribution >= 0.6 is 0 Å². The number of hydrogen-bond donors (Lipinski definition) is 0. The van der Waals surface area contributed by atoms with Crippen LogP contribution in [0, 0.1) is 11.9 Å². The van der Waals surface area contributed by atoms with Crippen LogP contribution in [0.4, 0.5) is 4.39 Å². The van der Waals surface area contributed by atoms with Crippen molar-refractivity contribution in [2.45, 2.75) is 0 Å². The molecule has 2 rings (SSSR count). The summed E-state index contributed by atoms with van der Waals surface area (Å²) in [6, 6.07) is 9.11. The van der Waals surface area contributed by atoms with Crippen LogP contribution < -0.4 is 0 Å². The highest BCUT2D eigenvalue weighted by Crippen LogP contribution is 2.09. The monoisotopic (exact) mass is 161 g/mol. The predicted molar refractivity (Wildman–Crippen MR) is 42.4 cm³/mol. The molecule has 0 aliphatic carbocycles. The van der Waals surface area contributed by atoms with Gasteiger partial charge in [0.25, 0.3) is 0 Å². The minimum absolute atomic E-state index is 0.388. The zero-order chi connectivity index (χ0) is 8.39. The Labute approximate surface area is 69.3 Å². The van der Waals surface area contributed by atoms with Crippen molar-refractivity contribution in [1.82, 2.24) is 9.78 Å². The molecule has 1 heterocycles. The average Bonchev–Trinajstić information content (AvgIpc) is 2.57. The van der Waals surface area contributed by atoms with Crippen molar-refractivity contribution in [2.75, 3.05) is 0 Å². The Hall–Kier alpha value is -1.64. The standard InChI is InChI=1S/C9H6FN2/c10-8-4-1-2-5-9(8)12-7-3-6-11-12/h1-3,5-7H. The van der Waals surface area contributed by atoms with E-state index in [-0.39, 0.29) is 5.82 Å². The van der Waals surface area contributed by atoms with Gasteiger partial charge < -0.3 is 0 Å². The number of aromatic nitrogens is 2. The Morgan fingerprint density at radius 3 is 3.00 bits per heavy atom. The van der Waals surface area contributed by atoms with E-state index in [1.165, 1.54) is 10.7 Å². The van der Waals surface area contributed by atoms with E-state index in [4.69, 9.17) is 0 Å². The summed E-state index contributed by atoms with van der Waals surface area (Å²) in [5.41, 5.74) is 0.419. The van der Waals surface area contributed by atoms with E-state index in [0.29, 0.717) is 5.69 Å². The van der Waals surface area contributed by atoms with E-state index in [2.05, 4.69) is 11.2 Å². The van der Waals surface area contributed by atoms with Gasteiger partial charge in [-0.25, -0.2) is 9.07 Å². The van der Waals surface area contributed by atoms with Crippen LogP contribution in [0.1, 0.15) is 0 Å². The second-order valence-electron chi connectivity index (χ2n) is 2.32. The molecule has 0 amide bonds. The third kappa shape index (κ3) is 1.09. The van der Waals surface area contributed by atoms with Crippen molar-refractivity contribution in [2.24, 2.45) is 0 Å². The predicted octanol–water partition coefficient (Wildman–Crippen LogP) is 1.81. The summed E-state index contributed by atoms with van der Waals surface area (Å²) in [5.74, 6) is -0.388. The molecular weight excluding hydrogens is 155 g/mol. The lowest BCUT2D eigenvalue weighted by Gasteiger charge is -2.00. The highest BCUT2D eigenvalue weighted by atomic mass is 19.1. The van der Waals surface area contributed by atoms with Crippen LogP contribution in [0.5, 0.6) is 0 Å². The number of benzene rings is 1. The molecule has 0 bridgehead atoms. The van der Waals surface area contributed by atoms with Crippen molar-refractivity contribution in [3.8, 4) is 5.69 Å². The number of halogens is 1. The van der Waals surface area contributed by atoms with E-state index in [0.717, 1.165) is 0 Å². The molecule has 59 valence electrons. The molecule has 1 aromatic carbocycles. The van der Waals surface area contributed by atoms with E-state index in [1.54, 1.807) is 30.6 Å². The lowest BCUT2D eigenvalue weighted by atomic mass is 10.3. The van der Waals surface area contributed by atoms with Crippen LogP contribution in [-0.2, 0) is 0 Å². The third-order valence-corrected chi connectivity index (χ3v) is 1.54. The molecule has 0 atom stereocenters. The van der Waals surface area contributed by atoms with E-state index >= 15 is 0 Å². The summed E-state index contributed by atoms with van der Waals surface area (Å²) in [6.07, 6.45) is 3.29. The molecule has 1 radical (unpaired) electrons. The van der Waals surface area contributed by atoms with E-state index in [1.807, 2.05) is 0 Å². The normalized spacial score (nSPS) is 10.1. The van der Waals surface area contributed by atoms with Crippen LogP contribution in [0.3, 0.4) is 0 Å². The van der Waals surface area contributed by atoms with Crippen molar-refractivity contribution in [1.29, 1.82) is 0 Å². The molecule has 0 spiro atoms. The summed E-state index contributed by atoms with van der Waals surface area (Å²) < 4.78 is 14.5. The molecule has 0 fully saturated rings. The van der Waals surface area contributed by atoms with E-state index < -0.39 is 0 Å². The SMILES string of the molecule is Fc1[c]cccc1-n1cccn1. The summed E-state index contributed by atoms with van der Waals surface area (Å²) >= 11 is 0. The maximum Gasteiger partial charge on any atom is 0.156 e. The minimum atomic E-state index is -0.388. The maximum atomic E-state index is 13.0. The lowest BCUT2D eigenvalue weighted by molar-refractivity contribution is 0.608. The Bertz CT molecular complexity index is 368. The fraction of sp³-hybridized carbons (Fsp3) is 0. The van der Waals surface area contributed by atoms with Gasteiger partial charge in [0.05, 0.1) is 0 Å². The van der Waals surface area contributed by atoms with Gasteiger partial charge in [0.15, 0.2) is 5.82 Å². The minimum Gasteiger partial charge on any atom is -0.238 e. The summed E-state index contributed by atoms with van der Waals surface area (Å²) in [4.78, 5) is 0. The first kappa shape index (κ1) is 7.03. The second-order valence-corrected chi connectivity index (χ2v) is 2.32. The van der Waals surface area contributed by atoms with Crippen LogP contribution in [0.25, 0.3) is 5.69 Å². The molecule has 0 aliphatic rings. The van der Waals surface area contributed by atoms with Gasteiger partial charge in [-0.15, -0.1) is 0 Å². The first-order chi connectivity index (χ1) is 5.88. The molecule has 12 heavy (non-hydrogen) atoms. The van der Waals surface area contributed by atoms with Gasteiger partial charge in [-0.3, -0.25) is 0 Å². The molecule has 1 aromatic heterocycles. The maximum absolute atomic E-state index is 13.0. The third-order valence-electron chi connectivity index (χ3n) is 1.54. The van der Waals surface area contributed by atoms with E-state index in [9.17, 15) is 4.39 Å². The van der Waals surface area contributed by atoms with Crippen molar-refractivity contribution in [3.05, 3.63) is 48.5 Å². The zero-order valence-electron chi connectivity index (χ0n) is 6.24. The molecule has 0 N–H and O–H groups in total. The summed E-state index contributed by atoms with van der Waals surface area (Å²) in [5, 5.41) is 3.90. The Balaban J connectivity index is 2.55. The van der Waals surface area contributed by atoms with Gasteiger partial charge in [-0.05, 0) is 12.1 Å². The van der Waals surface area contributed by atoms with Crippen LogP contribution in [0.15, 0.2) is 36.7 Å². The Kier molecular flexibility index (Phi) is 1.63. The van der Waals surface area contributed by atoms with Crippen molar-refractivity contribution in [3.63, 3.8) is 0 Å². The molecule has 0 saturated heterocycles. The van der Waals surface area contributed by atoms with Gasteiger partial charge in [-0.1, -0.05) is 12.1 Å². The fourth-order valence-electron chi connectivity index (χ4n) is 0.996. The van der Waals surface area contributed by atoms with Crippen LogP contribution in [0.2, 0.25) is 0 Å². The number of hydrogen-bond acceptors (Lipinski definition) is 1. The first-order valence-corrected chi connectivity index (χ1v) is 3.54. The Morgan fingerprint density at radius 2 is 2.33 bits per heavy atom.